The zero-order valence-corrected chi connectivity index (χ0v) is 12.0. The van der Waals surface area contributed by atoms with Crippen molar-refractivity contribution in [1.29, 1.82) is 0 Å². The fourth-order valence-electron chi connectivity index (χ4n) is 2.10. The van der Waals surface area contributed by atoms with Crippen LogP contribution in [-0.2, 0) is 4.79 Å². The maximum atomic E-state index is 13.6. The van der Waals surface area contributed by atoms with E-state index in [9.17, 15) is 31.9 Å². The summed E-state index contributed by atoms with van der Waals surface area (Å²) in [6.07, 6.45) is -4.31. The maximum Gasteiger partial charge on any atom is 0.440 e. The number of nitrogens with one attached hydrogen (secondary N) is 2. The Morgan fingerprint density at radius 2 is 1.96 bits per heavy atom. The van der Waals surface area contributed by atoms with Gasteiger partial charge in [0.25, 0.3) is 17.5 Å². The Morgan fingerprint density at radius 1 is 1.33 bits per heavy atom. The third-order valence-electron chi connectivity index (χ3n) is 3.26. The summed E-state index contributed by atoms with van der Waals surface area (Å²) in [6, 6.07) is 2.93. The van der Waals surface area contributed by atoms with Gasteiger partial charge < -0.3 is 5.32 Å². The zero-order chi connectivity index (χ0) is 18.1. The van der Waals surface area contributed by atoms with Crippen LogP contribution in [0.2, 0.25) is 0 Å². The lowest BCUT2D eigenvalue weighted by Gasteiger charge is -2.29. The molecule has 10 heteroatoms. The van der Waals surface area contributed by atoms with Gasteiger partial charge in [-0.05, 0) is 12.1 Å². The topological polar surface area (TPSA) is 78.5 Å². The third kappa shape index (κ3) is 2.70. The van der Waals surface area contributed by atoms with E-state index in [4.69, 9.17) is 0 Å². The van der Waals surface area contributed by atoms with Crippen molar-refractivity contribution in [3.05, 3.63) is 48.3 Å². The Kier molecular flexibility index (Phi) is 4.32. The lowest BCUT2D eigenvalue weighted by atomic mass is 10.1. The monoisotopic (exact) mass is 345 g/mol. The van der Waals surface area contributed by atoms with Gasteiger partial charge in [-0.25, -0.2) is 9.18 Å². The molecule has 4 amide bonds. The number of hydrogen-bond acceptors (Lipinski definition) is 3. The van der Waals surface area contributed by atoms with E-state index in [-0.39, 0.29) is 4.90 Å². The first-order valence-electron chi connectivity index (χ1n) is 6.53. The largest absolute Gasteiger partial charge is 0.440 e. The number of benzene rings is 1. The predicted molar refractivity (Wildman–Crippen MR) is 73.1 cm³/mol. The minimum Gasteiger partial charge on any atom is -0.314 e. The second-order valence-electron chi connectivity index (χ2n) is 4.82. The molecule has 128 valence electrons. The second-order valence-corrected chi connectivity index (χ2v) is 4.82. The first-order chi connectivity index (χ1) is 11.1. The van der Waals surface area contributed by atoms with Crippen molar-refractivity contribution < 1.29 is 31.9 Å². The third-order valence-corrected chi connectivity index (χ3v) is 3.26. The van der Waals surface area contributed by atoms with Crippen LogP contribution >= 0.6 is 0 Å². The Morgan fingerprint density at radius 3 is 2.50 bits per heavy atom. The molecule has 1 unspecified atom stereocenters. The van der Waals surface area contributed by atoms with E-state index in [0.717, 1.165) is 18.2 Å². The van der Waals surface area contributed by atoms with Gasteiger partial charge in [-0.15, -0.1) is 6.58 Å². The highest BCUT2D eigenvalue weighted by Gasteiger charge is 2.68. The number of alkyl halides is 3. The van der Waals surface area contributed by atoms with Gasteiger partial charge in [-0.3, -0.25) is 19.8 Å². The Balaban J connectivity index is 2.43. The number of halogens is 4. The molecule has 1 heterocycles. The minimum atomic E-state index is -5.35. The second kappa shape index (κ2) is 5.95. The minimum absolute atomic E-state index is 0.238. The highest BCUT2D eigenvalue weighted by molar-refractivity contribution is 6.10. The highest BCUT2D eigenvalue weighted by atomic mass is 19.4. The molecule has 0 aromatic heterocycles. The summed E-state index contributed by atoms with van der Waals surface area (Å²) in [4.78, 5) is 36.0. The molecule has 1 aromatic rings. The van der Waals surface area contributed by atoms with Crippen LogP contribution < -0.4 is 10.6 Å². The van der Waals surface area contributed by atoms with Crippen molar-refractivity contribution in [2.75, 3.05) is 6.54 Å². The molecular weight excluding hydrogens is 334 g/mol. The van der Waals surface area contributed by atoms with Crippen LogP contribution in [0.15, 0.2) is 36.9 Å². The van der Waals surface area contributed by atoms with Gasteiger partial charge in [0, 0.05) is 6.54 Å². The van der Waals surface area contributed by atoms with Gasteiger partial charge in [0.2, 0.25) is 0 Å². The molecule has 0 saturated carbocycles. The van der Waals surface area contributed by atoms with E-state index in [2.05, 4.69) is 6.58 Å². The van der Waals surface area contributed by atoms with E-state index in [0.29, 0.717) is 0 Å². The summed E-state index contributed by atoms with van der Waals surface area (Å²) in [6.45, 7) is 2.74. The first-order valence-corrected chi connectivity index (χ1v) is 6.53. The van der Waals surface area contributed by atoms with E-state index in [1.807, 2.05) is 0 Å². The number of carbonyl (C=O) groups excluding carboxylic acids is 3. The molecule has 1 saturated heterocycles. The van der Waals surface area contributed by atoms with Crippen molar-refractivity contribution in [3.63, 3.8) is 0 Å². The Hall–Kier alpha value is -2.91. The zero-order valence-electron chi connectivity index (χ0n) is 12.0. The smallest absolute Gasteiger partial charge is 0.314 e. The number of nitrogens with zero attached hydrogens (tertiary/aromatic N) is 1. The summed E-state index contributed by atoms with van der Waals surface area (Å²) >= 11 is 0. The number of amides is 4. The average molecular weight is 345 g/mol. The molecule has 1 atom stereocenters. The highest BCUT2D eigenvalue weighted by Crippen LogP contribution is 2.34. The molecule has 1 aliphatic rings. The molecule has 1 aromatic carbocycles. The first kappa shape index (κ1) is 17.4. The lowest BCUT2D eigenvalue weighted by Crippen LogP contribution is -2.69. The lowest BCUT2D eigenvalue weighted by molar-refractivity contribution is -0.200. The van der Waals surface area contributed by atoms with Gasteiger partial charge >= 0.3 is 12.2 Å². The molecule has 0 radical (unpaired) electrons. The van der Waals surface area contributed by atoms with Gasteiger partial charge in [0.15, 0.2) is 0 Å². The number of carbonyl (C=O) groups is 3. The molecule has 1 aliphatic heterocycles. The van der Waals surface area contributed by atoms with E-state index >= 15 is 0 Å². The van der Waals surface area contributed by atoms with Crippen LogP contribution in [0.3, 0.4) is 0 Å². The van der Waals surface area contributed by atoms with Gasteiger partial charge in [-0.1, -0.05) is 18.2 Å². The SMILES string of the molecule is C=CCN1C(=O)NC(NC(=O)c2ccccc2F)(C(F)(F)F)C1=O. The molecule has 2 rings (SSSR count). The molecule has 1 fully saturated rings. The quantitative estimate of drug-likeness (QED) is 0.494. The van der Waals surface area contributed by atoms with Crippen molar-refractivity contribution in [2.45, 2.75) is 11.8 Å². The van der Waals surface area contributed by atoms with Crippen molar-refractivity contribution in [2.24, 2.45) is 0 Å². The summed E-state index contributed by atoms with van der Waals surface area (Å²) in [5.41, 5.74) is -4.38. The van der Waals surface area contributed by atoms with Crippen LogP contribution in [-0.4, -0.2) is 41.1 Å². The molecule has 2 N–H and O–H groups in total. The summed E-state index contributed by atoms with van der Waals surface area (Å²) < 4.78 is 53.9. The van der Waals surface area contributed by atoms with Gasteiger partial charge in [-0.2, -0.15) is 13.2 Å². The number of rotatable bonds is 4. The molecule has 0 bridgehead atoms. The summed E-state index contributed by atoms with van der Waals surface area (Å²) in [5.74, 6) is -4.31. The molecule has 24 heavy (non-hydrogen) atoms. The van der Waals surface area contributed by atoms with Crippen LogP contribution in [0.1, 0.15) is 10.4 Å². The molecule has 0 aliphatic carbocycles. The Bertz CT molecular complexity index is 719. The molecular formula is C14H11F4N3O3. The molecule has 0 spiro atoms. The van der Waals surface area contributed by atoms with Gasteiger partial charge in [0.1, 0.15) is 5.82 Å². The van der Waals surface area contributed by atoms with Crippen molar-refractivity contribution >= 4 is 17.8 Å². The number of urea groups is 1. The van der Waals surface area contributed by atoms with Crippen LogP contribution in [0.5, 0.6) is 0 Å². The Labute approximate surface area is 133 Å². The summed E-state index contributed by atoms with van der Waals surface area (Å²) in [7, 11) is 0. The van der Waals surface area contributed by atoms with Crippen LogP contribution in [0.25, 0.3) is 0 Å². The van der Waals surface area contributed by atoms with Crippen molar-refractivity contribution in [3.8, 4) is 0 Å². The maximum absolute atomic E-state index is 13.6. The number of hydrogen-bond donors (Lipinski definition) is 2. The van der Waals surface area contributed by atoms with E-state index < -0.39 is 47.6 Å². The van der Waals surface area contributed by atoms with Crippen LogP contribution in [0.4, 0.5) is 22.4 Å². The predicted octanol–water partition coefficient (Wildman–Crippen LogP) is 1.55. The fourth-order valence-corrected chi connectivity index (χ4v) is 2.10. The average Bonchev–Trinajstić information content (AvgIpc) is 2.73. The van der Waals surface area contributed by atoms with Crippen molar-refractivity contribution in [1.82, 2.24) is 15.5 Å². The molecule has 6 nitrogen and oxygen atoms in total. The van der Waals surface area contributed by atoms with E-state index in [1.54, 1.807) is 0 Å². The van der Waals surface area contributed by atoms with E-state index in [1.165, 1.54) is 22.8 Å². The normalized spacial score (nSPS) is 20.8. The standard InChI is InChI=1S/C14H11F4N3O3/c1-2-7-21-11(23)13(14(16,17)18,20-12(21)24)19-10(22)8-5-3-4-6-9(8)15/h2-6H,1,7H2,(H,19,22)(H,20,24). The van der Waals surface area contributed by atoms with Gasteiger partial charge in [0.05, 0.1) is 5.56 Å². The number of imide groups is 1. The summed E-state index contributed by atoms with van der Waals surface area (Å²) in [5, 5.41) is 2.82. The fraction of sp³-hybridized carbons (Fsp3) is 0.214. The van der Waals surface area contributed by atoms with Crippen LogP contribution in [0, 0.1) is 5.82 Å².